The average molecular weight is 377 g/mol. The summed E-state index contributed by atoms with van der Waals surface area (Å²) in [7, 11) is 0. The van der Waals surface area contributed by atoms with Crippen molar-refractivity contribution >= 4 is 5.91 Å². The molecule has 0 saturated heterocycles. The van der Waals surface area contributed by atoms with Crippen molar-refractivity contribution < 1.29 is 14.3 Å². The van der Waals surface area contributed by atoms with Crippen LogP contribution in [-0.2, 0) is 0 Å². The van der Waals surface area contributed by atoms with Crippen LogP contribution in [0.1, 0.15) is 38.8 Å². The van der Waals surface area contributed by atoms with Crippen molar-refractivity contribution in [3.63, 3.8) is 0 Å². The average Bonchev–Trinajstić information content (AvgIpc) is 3.16. The van der Waals surface area contributed by atoms with Gasteiger partial charge in [0.05, 0.1) is 6.04 Å². The fourth-order valence-corrected chi connectivity index (χ4v) is 3.99. The predicted octanol–water partition coefficient (Wildman–Crippen LogP) is 4.27. The van der Waals surface area contributed by atoms with Crippen LogP contribution >= 0.6 is 0 Å². The minimum absolute atomic E-state index is 0.0775. The van der Waals surface area contributed by atoms with Crippen molar-refractivity contribution in [1.29, 1.82) is 0 Å². The van der Waals surface area contributed by atoms with E-state index in [1.807, 2.05) is 19.9 Å². The molecule has 2 heterocycles. The highest BCUT2D eigenvalue weighted by molar-refractivity contribution is 6.00. The van der Waals surface area contributed by atoms with Crippen LogP contribution in [0, 0.1) is 19.7 Å². The summed E-state index contributed by atoms with van der Waals surface area (Å²) in [6.45, 7) is 7.75. The van der Waals surface area contributed by atoms with Crippen molar-refractivity contribution in [3.8, 4) is 17.0 Å². The van der Waals surface area contributed by atoms with Gasteiger partial charge in [0.2, 0.25) is 0 Å². The Morgan fingerprint density at radius 1 is 1.32 bits per heavy atom. The van der Waals surface area contributed by atoms with Crippen LogP contribution in [-0.4, -0.2) is 32.7 Å². The Kier molecular flexibility index (Phi) is 4.26. The van der Waals surface area contributed by atoms with E-state index in [0.29, 0.717) is 28.1 Å². The number of rotatable bonds is 4. The van der Waals surface area contributed by atoms with E-state index in [9.17, 15) is 14.3 Å². The number of amides is 1. The number of aromatic amines is 1. The van der Waals surface area contributed by atoms with E-state index in [2.05, 4.69) is 16.8 Å². The molecule has 0 saturated carbocycles. The molecule has 3 aromatic rings. The third-order valence-electron chi connectivity index (χ3n) is 5.09. The first kappa shape index (κ1) is 18.0. The highest BCUT2D eigenvalue weighted by Crippen LogP contribution is 2.45. The molecular weight excluding hydrogens is 357 g/mol. The standard InChI is InChI=1S/C22H20FN3O2/c1-4-9-26-21(14-7-5-6-8-15(14)23)18-19(24-25-20(18)22(26)28)17-13(3)10-12(2)11-16(17)27/h4-8,10-11,21,27H,1,9H2,2-3H3,(H,24,25)/t21-/m1/s1. The monoisotopic (exact) mass is 377 g/mol. The molecule has 0 fully saturated rings. The molecule has 0 bridgehead atoms. The second-order valence-electron chi connectivity index (χ2n) is 7.01. The molecule has 4 rings (SSSR count). The van der Waals surface area contributed by atoms with E-state index in [-0.39, 0.29) is 18.2 Å². The number of H-pyrrole nitrogens is 1. The van der Waals surface area contributed by atoms with Gasteiger partial charge in [0.15, 0.2) is 0 Å². The molecule has 0 unspecified atom stereocenters. The fraction of sp³-hybridized carbons (Fsp3) is 0.182. The quantitative estimate of drug-likeness (QED) is 0.667. The SMILES string of the molecule is C=CCN1C(=O)c2[nH]nc(-c3c(C)cc(C)cc3O)c2[C@H]1c1ccccc1F. The number of aromatic hydroxyl groups is 1. The highest BCUT2D eigenvalue weighted by Gasteiger charge is 2.43. The lowest BCUT2D eigenvalue weighted by molar-refractivity contribution is 0.0763. The molecule has 6 heteroatoms. The summed E-state index contributed by atoms with van der Waals surface area (Å²) < 4.78 is 14.7. The van der Waals surface area contributed by atoms with E-state index >= 15 is 0 Å². The number of nitrogens with one attached hydrogen (secondary N) is 1. The predicted molar refractivity (Wildman–Crippen MR) is 105 cm³/mol. The van der Waals surface area contributed by atoms with Gasteiger partial charge in [-0.2, -0.15) is 5.10 Å². The van der Waals surface area contributed by atoms with Gasteiger partial charge in [-0.3, -0.25) is 9.89 Å². The van der Waals surface area contributed by atoms with E-state index in [0.717, 1.165) is 11.1 Å². The molecule has 2 N–H and O–H groups in total. The van der Waals surface area contributed by atoms with Gasteiger partial charge in [0.25, 0.3) is 5.91 Å². The van der Waals surface area contributed by atoms with E-state index in [1.54, 1.807) is 35.2 Å². The Hall–Kier alpha value is -3.41. The van der Waals surface area contributed by atoms with E-state index < -0.39 is 11.9 Å². The van der Waals surface area contributed by atoms with Gasteiger partial charge in [0.1, 0.15) is 23.0 Å². The molecular formula is C22H20FN3O2. The Morgan fingerprint density at radius 2 is 2.07 bits per heavy atom. The van der Waals surface area contributed by atoms with Crippen LogP contribution < -0.4 is 0 Å². The lowest BCUT2D eigenvalue weighted by Crippen LogP contribution is -2.30. The molecule has 1 aliphatic rings. The van der Waals surface area contributed by atoms with E-state index in [1.165, 1.54) is 6.07 Å². The van der Waals surface area contributed by atoms with Gasteiger partial charge in [-0.1, -0.05) is 30.3 Å². The number of aryl methyl sites for hydroxylation is 2. The molecule has 0 aliphatic carbocycles. The Bertz CT molecular complexity index is 1080. The lowest BCUT2D eigenvalue weighted by atomic mass is 9.93. The maximum atomic E-state index is 14.7. The molecule has 2 aromatic carbocycles. The molecule has 1 atom stereocenters. The smallest absolute Gasteiger partial charge is 0.273 e. The summed E-state index contributed by atoms with van der Waals surface area (Å²) >= 11 is 0. The van der Waals surface area contributed by atoms with E-state index in [4.69, 9.17) is 0 Å². The number of aromatic nitrogens is 2. The Morgan fingerprint density at radius 3 is 2.75 bits per heavy atom. The summed E-state index contributed by atoms with van der Waals surface area (Å²) in [5.41, 5.74) is 4.00. The summed E-state index contributed by atoms with van der Waals surface area (Å²) in [6.07, 6.45) is 1.61. The Labute approximate surface area is 162 Å². The number of phenols is 1. The summed E-state index contributed by atoms with van der Waals surface area (Å²) in [5.74, 6) is -0.598. The van der Waals surface area contributed by atoms with Gasteiger partial charge in [-0.25, -0.2) is 4.39 Å². The number of fused-ring (bicyclic) bond motifs is 1. The van der Waals surface area contributed by atoms with Gasteiger partial charge in [0, 0.05) is 23.2 Å². The number of hydrogen-bond acceptors (Lipinski definition) is 3. The lowest BCUT2D eigenvalue weighted by Gasteiger charge is -2.25. The van der Waals surface area contributed by atoms with Crippen LogP contribution in [0.2, 0.25) is 0 Å². The maximum Gasteiger partial charge on any atom is 0.273 e. The van der Waals surface area contributed by atoms with Crippen molar-refractivity contribution in [2.24, 2.45) is 0 Å². The van der Waals surface area contributed by atoms with Crippen molar-refractivity contribution in [1.82, 2.24) is 15.1 Å². The molecule has 5 nitrogen and oxygen atoms in total. The van der Waals surface area contributed by atoms with Crippen molar-refractivity contribution in [2.45, 2.75) is 19.9 Å². The first-order valence-electron chi connectivity index (χ1n) is 8.99. The number of phenolic OH excluding ortho intramolecular Hbond substituents is 1. The van der Waals surface area contributed by atoms with Crippen LogP contribution in [0.4, 0.5) is 4.39 Å². The third kappa shape index (κ3) is 2.60. The maximum absolute atomic E-state index is 14.7. The number of halogens is 1. The fourth-order valence-electron chi connectivity index (χ4n) is 3.99. The van der Waals surface area contributed by atoms with Gasteiger partial charge in [-0.05, 0) is 37.1 Å². The minimum Gasteiger partial charge on any atom is -0.507 e. The van der Waals surface area contributed by atoms with Gasteiger partial charge < -0.3 is 10.0 Å². The van der Waals surface area contributed by atoms with Crippen LogP contribution in [0.15, 0.2) is 49.1 Å². The van der Waals surface area contributed by atoms with Crippen LogP contribution in [0.5, 0.6) is 5.75 Å². The summed E-state index contributed by atoms with van der Waals surface area (Å²) in [5, 5.41) is 17.7. The molecule has 0 radical (unpaired) electrons. The minimum atomic E-state index is -0.657. The van der Waals surface area contributed by atoms with Gasteiger partial charge in [-0.15, -0.1) is 6.58 Å². The first-order chi connectivity index (χ1) is 13.4. The normalized spacial score (nSPS) is 15.8. The first-order valence-corrected chi connectivity index (χ1v) is 8.99. The zero-order chi connectivity index (χ0) is 20.0. The number of hydrogen-bond donors (Lipinski definition) is 2. The number of nitrogens with zero attached hydrogens (tertiary/aromatic N) is 2. The Balaban J connectivity index is 1.99. The topological polar surface area (TPSA) is 69.2 Å². The second kappa shape index (κ2) is 6.64. The summed E-state index contributed by atoms with van der Waals surface area (Å²) in [4.78, 5) is 14.5. The molecule has 1 aromatic heterocycles. The number of benzene rings is 2. The number of carbonyl (C=O) groups excluding carboxylic acids is 1. The largest absolute Gasteiger partial charge is 0.507 e. The highest BCUT2D eigenvalue weighted by atomic mass is 19.1. The van der Waals surface area contributed by atoms with Crippen LogP contribution in [0.25, 0.3) is 11.3 Å². The molecule has 0 spiro atoms. The van der Waals surface area contributed by atoms with Crippen molar-refractivity contribution in [2.75, 3.05) is 6.54 Å². The van der Waals surface area contributed by atoms with Crippen LogP contribution in [0.3, 0.4) is 0 Å². The zero-order valence-electron chi connectivity index (χ0n) is 15.7. The molecule has 28 heavy (non-hydrogen) atoms. The second-order valence-corrected chi connectivity index (χ2v) is 7.01. The molecule has 1 amide bonds. The molecule has 1 aliphatic heterocycles. The summed E-state index contributed by atoms with van der Waals surface area (Å²) in [6, 6.07) is 9.32. The third-order valence-corrected chi connectivity index (χ3v) is 5.09. The zero-order valence-corrected chi connectivity index (χ0v) is 15.7. The number of carbonyl (C=O) groups is 1. The van der Waals surface area contributed by atoms with Gasteiger partial charge >= 0.3 is 0 Å². The molecule has 142 valence electrons. The van der Waals surface area contributed by atoms with Crippen molar-refractivity contribution in [3.05, 3.63) is 82.8 Å².